The number of H-pyrrole nitrogens is 1. The van der Waals surface area contributed by atoms with Crippen LogP contribution in [0.15, 0.2) is 36.0 Å². The first-order chi connectivity index (χ1) is 9.55. The minimum atomic E-state index is -0.323. The molecule has 1 aromatic carbocycles. The van der Waals surface area contributed by atoms with E-state index in [1.807, 2.05) is 24.3 Å². The molecule has 2 rings (SSSR count). The summed E-state index contributed by atoms with van der Waals surface area (Å²) in [6, 6.07) is 9.16. The molecule has 20 heavy (non-hydrogen) atoms. The number of ether oxygens (including phenoxy) is 1. The van der Waals surface area contributed by atoms with Gasteiger partial charge in [-0.1, -0.05) is 0 Å². The van der Waals surface area contributed by atoms with E-state index in [1.54, 1.807) is 32.2 Å². The van der Waals surface area contributed by atoms with Gasteiger partial charge in [-0.15, -0.1) is 0 Å². The highest BCUT2D eigenvalue weighted by Gasteiger charge is 2.15. The Balaban J connectivity index is 2.43. The van der Waals surface area contributed by atoms with Crippen LogP contribution in [0.25, 0.3) is 10.9 Å². The number of hydrogen-bond acceptors (Lipinski definition) is 4. The summed E-state index contributed by atoms with van der Waals surface area (Å²) < 4.78 is 5.14. The number of Topliss-reactive ketones (excluding diaryl/α,β-unsaturated/α-hetero) is 1. The van der Waals surface area contributed by atoms with Crippen molar-refractivity contribution in [1.82, 2.24) is 9.88 Å². The maximum atomic E-state index is 12.3. The Bertz CT molecular complexity index is 720. The lowest BCUT2D eigenvalue weighted by Gasteiger charge is -2.04. The number of allylic oxidation sites excluding steroid dienone is 1. The third-order valence-corrected chi connectivity index (χ3v) is 2.83. The van der Waals surface area contributed by atoms with E-state index < -0.39 is 0 Å². The normalized spacial score (nSPS) is 11.2. The van der Waals surface area contributed by atoms with Gasteiger partial charge in [-0.05, 0) is 18.2 Å². The summed E-state index contributed by atoms with van der Waals surface area (Å²) in [5.41, 5.74) is 1.28. The maximum Gasteiger partial charge on any atom is 0.221 e. The number of nitrogens with zero attached hydrogens (tertiary/aromatic N) is 2. The number of methoxy groups -OCH3 is 1. The number of benzene rings is 1. The number of nitrogens with one attached hydrogen (secondary N) is 1. The van der Waals surface area contributed by atoms with Crippen molar-refractivity contribution >= 4 is 16.7 Å². The summed E-state index contributed by atoms with van der Waals surface area (Å²) in [7, 11) is 5.12. The molecular weight excluding hydrogens is 254 g/mol. The molecule has 0 bridgehead atoms. The fourth-order valence-corrected chi connectivity index (χ4v) is 1.90. The molecule has 5 heteroatoms. The second-order valence-electron chi connectivity index (χ2n) is 4.58. The number of fused-ring (bicyclic) bond motifs is 1. The Morgan fingerprint density at radius 2 is 2.15 bits per heavy atom. The molecule has 102 valence electrons. The molecule has 2 aromatic rings. The molecule has 0 atom stereocenters. The van der Waals surface area contributed by atoms with Crippen molar-refractivity contribution < 1.29 is 9.53 Å². The Morgan fingerprint density at radius 3 is 2.75 bits per heavy atom. The van der Waals surface area contributed by atoms with Crippen LogP contribution >= 0.6 is 0 Å². The number of ketones is 1. The van der Waals surface area contributed by atoms with E-state index >= 15 is 0 Å². The number of rotatable bonds is 4. The van der Waals surface area contributed by atoms with Crippen molar-refractivity contribution in [2.75, 3.05) is 21.2 Å². The lowest BCUT2D eigenvalue weighted by Crippen LogP contribution is -2.09. The van der Waals surface area contributed by atoms with Gasteiger partial charge in [0.15, 0.2) is 0 Å². The molecule has 1 aromatic heterocycles. The zero-order chi connectivity index (χ0) is 14.7. The molecule has 0 aliphatic rings. The Labute approximate surface area is 117 Å². The molecule has 1 N–H and O–H groups in total. The Kier molecular flexibility index (Phi) is 3.76. The van der Waals surface area contributed by atoms with Crippen LogP contribution in [0.1, 0.15) is 10.5 Å². The average molecular weight is 269 g/mol. The first-order valence-corrected chi connectivity index (χ1v) is 6.05. The summed E-state index contributed by atoms with van der Waals surface area (Å²) >= 11 is 0. The molecule has 0 aliphatic heterocycles. The van der Waals surface area contributed by atoms with Gasteiger partial charge in [0, 0.05) is 37.3 Å². The summed E-state index contributed by atoms with van der Waals surface area (Å²) in [5, 5.41) is 9.96. The van der Waals surface area contributed by atoms with Crippen LogP contribution in [-0.4, -0.2) is 36.9 Å². The van der Waals surface area contributed by atoms with Crippen LogP contribution in [0.4, 0.5) is 0 Å². The molecular formula is C15H15N3O2. The van der Waals surface area contributed by atoms with Crippen molar-refractivity contribution in [1.29, 1.82) is 5.26 Å². The van der Waals surface area contributed by atoms with Gasteiger partial charge in [0.25, 0.3) is 0 Å². The second-order valence-corrected chi connectivity index (χ2v) is 4.58. The van der Waals surface area contributed by atoms with Gasteiger partial charge in [0.2, 0.25) is 5.78 Å². The highest BCUT2D eigenvalue weighted by atomic mass is 16.5. The smallest absolute Gasteiger partial charge is 0.221 e. The fourth-order valence-electron chi connectivity index (χ4n) is 1.90. The van der Waals surface area contributed by atoms with Gasteiger partial charge >= 0.3 is 0 Å². The van der Waals surface area contributed by atoms with E-state index in [-0.39, 0.29) is 11.4 Å². The van der Waals surface area contributed by atoms with E-state index in [9.17, 15) is 4.79 Å². The standard InChI is InChI=1S/C15H15N3O2/c1-18(2)9-11(8-16)15(19)14-6-10-4-5-12(20-3)7-13(10)17-14/h4-7,9,17H,1-3H3/b11-9-. The van der Waals surface area contributed by atoms with Crippen molar-refractivity contribution in [3.8, 4) is 11.8 Å². The molecule has 5 nitrogen and oxygen atoms in total. The molecule has 0 radical (unpaired) electrons. The Morgan fingerprint density at radius 1 is 1.40 bits per heavy atom. The lowest BCUT2D eigenvalue weighted by molar-refractivity contribution is 0.103. The number of carbonyl (C=O) groups excluding carboxylic acids is 1. The molecule has 0 amide bonds. The van der Waals surface area contributed by atoms with Gasteiger partial charge in [-0.25, -0.2) is 0 Å². The quantitative estimate of drug-likeness (QED) is 0.525. The molecule has 1 heterocycles. The van der Waals surface area contributed by atoms with Crippen molar-refractivity contribution in [3.63, 3.8) is 0 Å². The zero-order valence-corrected chi connectivity index (χ0v) is 11.6. The molecule has 0 saturated heterocycles. The topological polar surface area (TPSA) is 69.1 Å². The number of hydrogen-bond donors (Lipinski definition) is 1. The third kappa shape index (κ3) is 2.64. The summed E-state index contributed by atoms with van der Waals surface area (Å²) in [5.74, 6) is 0.388. The minimum absolute atomic E-state index is 0.0912. The first-order valence-electron chi connectivity index (χ1n) is 6.05. The summed E-state index contributed by atoms with van der Waals surface area (Å²) in [6.45, 7) is 0. The predicted molar refractivity (Wildman–Crippen MR) is 76.6 cm³/mol. The fraction of sp³-hybridized carbons (Fsp3) is 0.200. The van der Waals surface area contributed by atoms with Gasteiger partial charge in [0.1, 0.15) is 17.4 Å². The maximum absolute atomic E-state index is 12.3. The van der Waals surface area contributed by atoms with Crippen LogP contribution in [0.5, 0.6) is 5.75 Å². The number of aromatic amines is 1. The minimum Gasteiger partial charge on any atom is -0.497 e. The van der Waals surface area contributed by atoms with E-state index in [2.05, 4.69) is 4.98 Å². The SMILES string of the molecule is COc1ccc2cc(C(=O)/C(C#N)=C\N(C)C)[nH]c2c1. The summed E-state index contributed by atoms with van der Waals surface area (Å²) in [4.78, 5) is 16.9. The van der Waals surface area contributed by atoms with Gasteiger partial charge in [-0.3, -0.25) is 4.79 Å². The lowest BCUT2D eigenvalue weighted by atomic mass is 10.1. The monoisotopic (exact) mass is 269 g/mol. The highest BCUT2D eigenvalue weighted by molar-refractivity contribution is 6.12. The average Bonchev–Trinajstić information content (AvgIpc) is 2.86. The van der Waals surface area contributed by atoms with Crippen LogP contribution in [0, 0.1) is 11.3 Å². The summed E-state index contributed by atoms with van der Waals surface area (Å²) in [6.07, 6.45) is 1.51. The molecule has 0 saturated carbocycles. The largest absolute Gasteiger partial charge is 0.497 e. The van der Waals surface area contributed by atoms with Gasteiger partial charge < -0.3 is 14.6 Å². The van der Waals surface area contributed by atoms with E-state index in [0.717, 1.165) is 10.9 Å². The number of carbonyl (C=O) groups is 1. The van der Waals surface area contributed by atoms with Crippen molar-refractivity contribution in [2.45, 2.75) is 0 Å². The van der Waals surface area contributed by atoms with E-state index in [1.165, 1.54) is 6.20 Å². The van der Waals surface area contributed by atoms with Crippen LogP contribution in [0.3, 0.4) is 0 Å². The molecule has 0 fully saturated rings. The molecule has 0 unspecified atom stereocenters. The van der Waals surface area contributed by atoms with Gasteiger partial charge in [-0.2, -0.15) is 5.26 Å². The predicted octanol–water partition coefficient (Wildman–Crippen LogP) is 2.33. The van der Waals surface area contributed by atoms with Crippen LogP contribution in [0.2, 0.25) is 0 Å². The van der Waals surface area contributed by atoms with Crippen LogP contribution < -0.4 is 4.74 Å². The second kappa shape index (κ2) is 5.49. The van der Waals surface area contributed by atoms with E-state index in [0.29, 0.717) is 11.4 Å². The molecule has 0 aliphatic carbocycles. The first kappa shape index (κ1) is 13.7. The zero-order valence-electron chi connectivity index (χ0n) is 11.6. The van der Waals surface area contributed by atoms with Crippen molar-refractivity contribution in [2.24, 2.45) is 0 Å². The van der Waals surface area contributed by atoms with Crippen molar-refractivity contribution in [3.05, 3.63) is 41.7 Å². The van der Waals surface area contributed by atoms with Crippen LogP contribution in [-0.2, 0) is 0 Å². The Hall–Kier alpha value is -2.74. The van der Waals surface area contributed by atoms with E-state index in [4.69, 9.17) is 10.00 Å². The number of nitriles is 1. The molecule has 0 spiro atoms. The number of aromatic nitrogens is 1. The third-order valence-electron chi connectivity index (χ3n) is 2.83. The highest BCUT2D eigenvalue weighted by Crippen LogP contribution is 2.22. The van der Waals surface area contributed by atoms with Gasteiger partial charge in [0.05, 0.1) is 12.8 Å².